The Bertz CT molecular complexity index is 260. The molecule has 0 rings (SSSR count). The van der Waals surface area contributed by atoms with Crippen LogP contribution in [0.3, 0.4) is 0 Å². The minimum atomic E-state index is -3.83. The minimum absolute atomic E-state index is 0.189. The molecular weight excluding hydrogens is 249 g/mol. The first-order valence-electron chi connectivity index (χ1n) is 5.48. The third-order valence-electron chi connectivity index (χ3n) is 2.08. The van der Waals surface area contributed by atoms with Crippen LogP contribution in [-0.2, 0) is 13.6 Å². The maximum Gasteiger partial charge on any atom is 0.471 e. The average Bonchev–Trinajstić information content (AvgIpc) is 2.26. The summed E-state index contributed by atoms with van der Waals surface area (Å²) in [6.07, 6.45) is 3.20. The van der Waals surface area contributed by atoms with E-state index < -0.39 is 13.9 Å². The third-order valence-corrected chi connectivity index (χ3v) is 3.05. The Balaban J connectivity index is 3.19. The summed E-state index contributed by atoms with van der Waals surface area (Å²) in [5.74, 6) is 0. The number of amides is 1. The number of carboxylic acid groups (broad SMARTS) is 1. The average molecular weight is 269 g/mol. The van der Waals surface area contributed by atoms with Crippen molar-refractivity contribution in [3.8, 4) is 0 Å². The lowest BCUT2D eigenvalue weighted by Gasteiger charge is -2.08. The maximum absolute atomic E-state index is 10.9. The second kappa shape index (κ2) is 9.41. The van der Waals surface area contributed by atoms with Crippen molar-refractivity contribution in [1.29, 1.82) is 0 Å². The standard InChI is InChI=1S/C9H20NO6P/c1-15-17(13,14)16-8-6-4-2-3-5-7-10-9(11)12/h10H,2-8H2,1H3,(H,11,12)(H,13,14). The molecule has 0 radical (unpaired) electrons. The molecule has 0 fully saturated rings. The molecule has 17 heavy (non-hydrogen) atoms. The van der Waals surface area contributed by atoms with Crippen LogP contribution in [0.5, 0.6) is 0 Å². The first kappa shape index (κ1) is 16.4. The molecule has 0 aromatic carbocycles. The molecule has 0 bridgehead atoms. The topological polar surface area (TPSA) is 105 Å². The molecule has 0 spiro atoms. The zero-order chi connectivity index (χ0) is 13.1. The summed E-state index contributed by atoms with van der Waals surface area (Å²) < 4.78 is 19.7. The quantitative estimate of drug-likeness (QED) is 0.413. The van der Waals surface area contributed by atoms with E-state index in [1.54, 1.807) is 0 Å². The lowest BCUT2D eigenvalue weighted by atomic mass is 10.1. The van der Waals surface area contributed by atoms with Gasteiger partial charge in [0.1, 0.15) is 0 Å². The fourth-order valence-corrected chi connectivity index (χ4v) is 1.65. The number of nitrogens with one attached hydrogen (secondary N) is 1. The van der Waals surface area contributed by atoms with Crippen molar-refractivity contribution in [2.24, 2.45) is 0 Å². The molecule has 8 heteroatoms. The van der Waals surface area contributed by atoms with Gasteiger partial charge >= 0.3 is 13.9 Å². The van der Waals surface area contributed by atoms with Crippen LogP contribution in [0.4, 0.5) is 4.79 Å². The van der Waals surface area contributed by atoms with Gasteiger partial charge in [0.15, 0.2) is 0 Å². The number of phosphoric ester groups is 1. The highest BCUT2D eigenvalue weighted by Crippen LogP contribution is 2.41. The zero-order valence-electron chi connectivity index (χ0n) is 9.92. The molecule has 0 heterocycles. The van der Waals surface area contributed by atoms with Gasteiger partial charge in [-0.15, -0.1) is 0 Å². The third kappa shape index (κ3) is 11.6. The Morgan fingerprint density at radius 3 is 2.41 bits per heavy atom. The van der Waals surface area contributed by atoms with Crippen molar-refractivity contribution in [3.05, 3.63) is 0 Å². The summed E-state index contributed by atoms with van der Waals surface area (Å²) in [7, 11) is -2.70. The Kier molecular flexibility index (Phi) is 9.07. The second-order valence-corrected chi connectivity index (χ2v) is 5.04. The molecule has 0 aliphatic carbocycles. The Hall–Kier alpha value is -0.620. The van der Waals surface area contributed by atoms with Crippen LogP contribution in [0.2, 0.25) is 0 Å². The van der Waals surface area contributed by atoms with E-state index in [1.807, 2.05) is 0 Å². The van der Waals surface area contributed by atoms with Gasteiger partial charge in [-0.2, -0.15) is 0 Å². The predicted octanol–water partition coefficient (Wildman–Crippen LogP) is 1.97. The van der Waals surface area contributed by atoms with Gasteiger partial charge in [-0.25, -0.2) is 9.36 Å². The molecule has 0 aliphatic heterocycles. The van der Waals surface area contributed by atoms with Crippen LogP contribution in [0, 0.1) is 0 Å². The van der Waals surface area contributed by atoms with Crippen molar-refractivity contribution < 1.29 is 28.4 Å². The number of unbranched alkanes of at least 4 members (excludes halogenated alkanes) is 4. The predicted molar refractivity (Wildman–Crippen MR) is 61.9 cm³/mol. The van der Waals surface area contributed by atoms with Crippen LogP contribution >= 0.6 is 7.82 Å². The van der Waals surface area contributed by atoms with Crippen LogP contribution < -0.4 is 5.32 Å². The summed E-state index contributed by atoms with van der Waals surface area (Å²) in [6, 6.07) is 0. The van der Waals surface area contributed by atoms with E-state index in [0.29, 0.717) is 13.0 Å². The summed E-state index contributed by atoms with van der Waals surface area (Å²) in [4.78, 5) is 19.0. The van der Waals surface area contributed by atoms with Gasteiger partial charge in [-0.1, -0.05) is 19.3 Å². The first-order chi connectivity index (χ1) is 7.98. The number of hydrogen-bond donors (Lipinski definition) is 3. The monoisotopic (exact) mass is 269 g/mol. The number of phosphoric acid groups is 1. The van der Waals surface area contributed by atoms with Crippen molar-refractivity contribution >= 4 is 13.9 Å². The maximum atomic E-state index is 10.9. The summed E-state index contributed by atoms with van der Waals surface area (Å²) in [5, 5.41) is 10.6. The van der Waals surface area contributed by atoms with Crippen LogP contribution in [-0.4, -0.2) is 36.4 Å². The molecule has 3 N–H and O–H groups in total. The largest absolute Gasteiger partial charge is 0.471 e. The van der Waals surface area contributed by atoms with E-state index in [1.165, 1.54) is 0 Å². The van der Waals surface area contributed by atoms with Gasteiger partial charge in [-0.05, 0) is 12.8 Å². The van der Waals surface area contributed by atoms with Crippen molar-refractivity contribution in [3.63, 3.8) is 0 Å². The summed E-state index contributed by atoms with van der Waals surface area (Å²) >= 11 is 0. The normalized spacial score (nSPS) is 14.2. The smallest absolute Gasteiger partial charge is 0.465 e. The highest BCUT2D eigenvalue weighted by molar-refractivity contribution is 7.47. The second-order valence-electron chi connectivity index (χ2n) is 3.48. The molecule has 0 aliphatic rings. The highest BCUT2D eigenvalue weighted by atomic mass is 31.2. The molecular formula is C9H20NO6P. The molecule has 0 saturated heterocycles. The summed E-state index contributed by atoms with van der Waals surface area (Å²) in [5.41, 5.74) is 0. The van der Waals surface area contributed by atoms with Crippen molar-refractivity contribution in [1.82, 2.24) is 5.32 Å². The van der Waals surface area contributed by atoms with Crippen molar-refractivity contribution in [2.45, 2.75) is 32.1 Å². The van der Waals surface area contributed by atoms with Crippen LogP contribution in [0.15, 0.2) is 0 Å². The van der Waals surface area contributed by atoms with Crippen LogP contribution in [0.25, 0.3) is 0 Å². The number of carbonyl (C=O) groups is 1. The van der Waals surface area contributed by atoms with E-state index >= 15 is 0 Å². The van der Waals surface area contributed by atoms with Gasteiger partial charge in [-0.3, -0.25) is 9.05 Å². The van der Waals surface area contributed by atoms with E-state index in [9.17, 15) is 9.36 Å². The number of hydrogen-bond acceptors (Lipinski definition) is 4. The molecule has 7 nitrogen and oxygen atoms in total. The van der Waals surface area contributed by atoms with Gasteiger partial charge in [0.25, 0.3) is 0 Å². The molecule has 1 atom stereocenters. The van der Waals surface area contributed by atoms with E-state index in [4.69, 9.17) is 10.00 Å². The fraction of sp³-hybridized carbons (Fsp3) is 0.889. The first-order valence-corrected chi connectivity index (χ1v) is 6.97. The van der Waals surface area contributed by atoms with E-state index in [-0.39, 0.29) is 6.61 Å². The minimum Gasteiger partial charge on any atom is -0.465 e. The Labute approximate surface area is 101 Å². The lowest BCUT2D eigenvalue weighted by Crippen LogP contribution is -2.21. The van der Waals surface area contributed by atoms with Gasteiger partial charge < -0.3 is 15.3 Å². The molecule has 0 aromatic heterocycles. The molecule has 0 saturated carbocycles. The lowest BCUT2D eigenvalue weighted by molar-refractivity contribution is 0.170. The number of rotatable bonds is 10. The molecule has 1 amide bonds. The SMILES string of the molecule is COP(=O)(O)OCCCCCCCNC(=O)O. The Morgan fingerprint density at radius 1 is 1.24 bits per heavy atom. The van der Waals surface area contributed by atoms with Gasteiger partial charge in [0.2, 0.25) is 0 Å². The Morgan fingerprint density at radius 2 is 1.82 bits per heavy atom. The molecule has 0 aromatic rings. The highest BCUT2D eigenvalue weighted by Gasteiger charge is 2.17. The van der Waals surface area contributed by atoms with E-state index in [0.717, 1.165) is 32.8 Å². The van der Waals surface area contributed by atoms with Gasteiger partial charge in [0.05, 0.1) is 6.61 Å². The molecule has 102 valence electrons. The van der Waals surface area contributed by atoms with E-state index in [2.05, 4.69) is 14.4 Å². The van der Waals surface area contributed by atoms with Gasteiger partial charge in [0, 0.05) is 13.7 Å². The molecule has 1 unspecified atom stereocenters. The van der Waals surface area contributed by atoms with Crippen LogP contribution in [0.1, 0.15) is 32.1 Å². The van der Waals surface area contributed by atoms with Crippen molar-refractivity contribution in [2.75, 3.05) is 20.3 Å². The zero-order valence-corrected chi connectivity index (χ0v) is 10.8. The fourth-order valence-electron chi connectivity index (χ4n) is 1.19. The summed E-state index contributed by atoms with van der Waals surface area (Å²) in [6.45, 7) is 0.649.